The van der Waals surface area contributed by atoms with Crippen LogP contribution in [0.3, 0.4) is 0 Å². The van der Waals surface area contributed by atoms with E-state index in [0.717, 1.165) is 0 Å². The van der Waals surface area contributed by atoms with E-state index in [0.29, 0.717) is 0 Å². The second-order valence-corrected chi connectivity index (χ2v) is 5.36. The molecule has 0 aromatic heterocycles. The zero-order valence-corrected chi connectivity index (χ0v) is 10.9. The number of nitrogens with two attached hydrogens (primary N) is 1. The van der Waals surface area contributed by atoms with Gasteiger partial charge in [0.15, 0.2) is 0 Å². The van der Waals surface area contributed by atoms with Gasteiger partial charge < -0.3 is 20.7 Å². The molecule has 0 rings (SSSR count). The number of carbonyl (C=O) groups excluding carboxylic acids is 1. The predicted molar refractivity (Wildman–Crippen MR) is 61.2 cm³/mol. The van der Waals surface area contributed by atoms with Gasteiger partial charge in [-0.15, -0.1) is 0 Å². The first-order chi connectivity index (χ1) is 7.43. The van der Waals surface area contributed by atoms with Gasteiger partial charge >= 0.3 is 11.9 Å². The van der Waals surface area contributed by atoms with E-state index in [9.17, 15) is 14.7 Å². The van der Waals surface area contributed by atoms with Crippen molar-refractivity contribution in [2.45, 2.75) is 51.9 Å². The Kier molecular flexibility index (Phi) is 4.68. The van der Waals surface area contributed by atoms with Crippen molar-refractivity contribution in [3.05, 3.63) is 0 Å². The van der Waals surface area contributed by atoms with Crippen molar-refractivity contribution in [3.8, 4) is 0 Å². The Bertz CT molecular complexity index is 307. The Balaban J connectivity index is 5.23. The van der Waals surface area contributed by atoms with Gasteiger partial charge in [0.25, 0.3) is 0 Å². The summed E-state index contributed by atoms with van der Waals surface area (Å²) >= 11 is 0. The van der Waals surface area contributed by atoms with Gasteiger partial charge in [-0.1, -0.05) is 13.8 Å². The van der Waals surface area contributed by atoms with E-state index in [1.165, 1.54) is 0 Å². The molecule has 6 nitrogen and oxygen atoms in total. The molecule has 0 amide bonds. The molecule has 2 atom stereocenters. The number of esters is 1. The van der Waals surface area contributed by atoms with E-state index in [1.54, 1.807) is 34.6 Å². The van der Waals surface area contributed by atoms with Crippen LogP contribution in [0.15, 0.2) is 0 Å². The highest BCUT2D eigenvalue weighted by Gasteiger charge is 2.52. The molecule has 17 heavy (non-hydrogen) atoms. The van der Waals surface area contributed by atoms with E-state index in [4.69, 9.17) is 15.6 Å². The van der Waals surface area contributed by atoms with E-state index in [1.807, 2.05) is 0 Å². The summed E-state index contributed by atoms with van der Waals surface area (Å²) in [6.07, 6.45) is -1.52. The number of hydrogen-bond acceptors (Lipinski definition) is 5. The highest BCUT2D eigenvalue weighted by atomic mass is 16.6. The molecule has 0 aliphatic rings. The summed E-state index contributed by atoms with van der Waals surface area (Å²) in [6.45, 7) is 7.91. The van der Waals surface area contributed by atoms with Crippen LogP contribution >= 0.6 is 0 Å². The van der Waals surface area contributed by atoms with E-state index in [-0.39, 0.29) is 0 Å². The van der Waals surface area contributed by atoms with Gasteiger partial charge in [-0.3, -0.25) is 0 Å². The molecule has 0 saturated heterocycles. The fourth-order valence-electron chi connectivity index (χ4n) is 1.22. The van der Waals surface area contributed by atoms with Crippen LogP contribution < -0.4 is 5.73 Å². The van der Waals surface area contributed by atoms with Crippen molar-refractivity contribution in [2.75, 3.05) is 0 Å². The second kappa shape index (κ2) is 5.01. The summed E-state index contributed by atoms with van der Waals surface area (Å²) < 4.78 is 4.93. The third-order valence-electron chi connectivity index (χ3n) is 2.19. The molecule has 0 fully saturated rings. The quantitative estimate of drug-likeness (QED) is 0.481. The minimum absolute atomic E-state index is 0.483. The number of aliphatic carboxylic acids is 1. The normalized spacial score (nSPS) is 17.4. The summed E-state index contributed by atoms with van der Waals surface area (Å²) in [5.41, 5.74) is 2.20. The van der Waals surface area contributed by atoms with Crippen LogP contribution in [0.2, 0.25) is 0 Å². The number of rotatable bonds is 4. The Hall–Kier alpha value is -1.14. The molecule has 0 aromatic rings. The molecule has 0 aliphatic heterocycles. The SMILES string of the molecule is CC(C)C(O)C(N)(C(=O)O)C(=O)OC(C)(C)C. The average molecular weight is 247 g/mol. The third-order valence-corrected chi connectivity index (χ3v) is 2.19. The van der Waals surface area contributed by atoms with Gasteiger partial charge in [-0.05, 0) is 26.7 Å². The minimum Gasteiger partial charge on any atom is -0.479 e. The maximum atomic E-state index is 11.8. The van der Waals surface area contributed by atoms with E-state index >= 15 is 0 Å². The van der Waals surface area contributed by atoms with Crippen molar-refractivity contribution >= 4 is 11.9 Å². The third kappa shape index (κ3) is 3.67. The maximum Gasteiger partial charge on any atom is 0.341 e. The number of carboxylic acid groups (broad SMARTS) is 1. The smallest absolute Gasteiger partial charge is 0.341 e. The number of ether oxygens (including phenoxy) is 1. The van der Waals surface area contributed by atoms with Crippen molar-refractivity contribution in [2.24, 2.45) is 11.7 Å². The molecule has 0 saturated carbocycles. The molecule has 100 valence electrons. The van der Waals surface area contributed by atoms with Crippen LogP contribution in [0.25, 0.3) is 0 Å². The van der Waals surface area contributed by atoms with Crippen LogP contribution in [0, 0.1) is 5.92 Å². The Morgan fingerprint density at radius 2 is 1.65 bits per heavy atom. The second-order valence-electron chi connectivity index (χ2n) is 5.36. The predicted octanol–water partition coefficient (Wildman–Crippen LogP) is 0.127. The van der Waals surface area contributed by atoms with Crippen molar-refractivity contribution in [1.82, 2.24) is 0 Å². The van der Waals surface area contributed by atoms with Gasteiger partial charge in [-0.25, -0.2) is 9.59 Å². The Morgan fingerprint density at radius 3 is 1.88 bits per heavy atom. The minimum atomic E-state index is -2.44. The number of aliphatic hydroxyl groups is 1. The molecule has 4 N–H and O–H groups in total. The number of carboxylic acids is 1. The summed E-state index contributed by atoms with van der Waals surface area (Å²) in [5, 5.41) is 18.8. The first-order valence-corrected chi connectivity index (χ1v) is 5.36. The standard InChI is InChI=1S/C11H21NO5/c1-6(2)7(13)11(12,8(14)15)9(16)17-10(3,4)5/h6-7,13H,12H2,1-5H3,(H,14,15). The lowest BCUT2D eigenvalue weighted by Gasteiger charge is -2.33. The summed E-state index contributed by atoms with van der Waals surface area (Å²) in [4.78, 5) is 22.9. The molecule has 6 heteroatoms. The van der Waals surface area contributed by atoms with Gasteiger partial charge in [0.05, 0.1) is 6.10 Å². The van der Waals surface area contributed by atoms with Gasteiger partial charge in [0, 0.05) is 0 Å². The van der Waals surface area contributed by atoms with Crippen LogP contribution in [0.1, 0.15) is 34.6 Å². The average Bonchev–Trinajstić information content (AvgIpc) is 2.11. The molecule has 0 bridgehead atoms. The zero-order chi connectivity index (χ0) is 14.0. The number of aliphatic hydroxyl groups excluding tert-OH is 1. The highest BCUT2D eigenvalue weighted by Crippen LogP contribution is 2.21. The first-order valence-electron chi connectivity index (χ1n) is 5.36. The monoisotopic (exact) mass is 247 g/mol. The van der Waals surface area contributed by atoms with Crippen LogP contribution in [-0.2, 0) is 14.3 Å². The van der Waals surface area contributed by atoms with Gasteiger partial charge in [0.2, 0.25) is 5.54 Å². The lowest BCUT2D eigenvalue weighted by molar-refractivity contribution is -0.176. The molecular formula is C11H21NO5. The van der Waals surface area contributed by atoms with Gasteiger partial charge in [0.1, 0.15) is 5.60 Å². The lowest BCUT2D eigenvalue weighted by Crippen LogP contribution is -2.65. The molecule has 2 unspecified atom stereocenters. The van der Waals surface area contributed by atoms with E-state index in [2.05, 4.69) is 0 Å². The summed E-state index contributed by atoms with van der Waals surface area (Å²) in [7, 11) is 0. The van der Waals surface area contributed by atoms with Crippen molar-refractivity contribution in [1.29, 1.82) is 0 Å². The Labute approximate surface area is 101 Å². The summed E-state index contributed by atoms with van der Waals surface area (Å²) in [6, 6.07) is 0. The van der Waals surface area contributed by atoms with Crippen LogP contribution in [-0.4, -0.2) is 39.4 Å². The molecule has 0 aromatic carbocycles. The lowest BCUT2D eigenvalue weighted by atomic mass is 9.86. The number of hydrogen-bond donors (Lipinski definition) is 3. The molecule has 0 spiro atoms. The molecule has 0 heterocycles. The molecule has 0 radical (unpaired) electrons. The number of carbonyl (C=O) groups is 2. The largest absolute Gasteiger partial charge is 0.479 e. The topological polar surface area (TPSA) is 110 Å². The fraction of sp³-hybridized carbons (Fsp3) is 0.818. The van der Waals surface area contributed by atoms with Crippen LogP contribution in [0.5, 0.6) is 0 Å². The van der Waals surface area contributed by atoms with Crippen molar-refractivity contribution < 1.29 is 24.5 Å². The fourth-order valence-corrected chi connectivity index (χ4v) is 1.22. The molecule has 0 aliphatic carbocycles. The van der Waals surface area contributed by atoms with Gasteiger partial charge in [-0.2, -0.15) is 0 Å². The molecular weight excluding hydrogens is 226 g/mol. The highest BCUT2D eigenvalue weighted by molar-refractivity contribution is 6.04. The van der Waals surface area contributed by atoms with Crippen molar-refractivity contribution in [3.63, 3.8) is 0 Å². The summed E-state index contributed by atoms with van der Waals surface area (Å²) in [5.74, 6) is -3.23. The van der Waals surface area contributed by atoms with E-state index < -0.39 is 35.1 Å². The first kappa shape index (κ1) is 15.9. The maximum absolute atomic E-state index is 11.8. The Morgan fingerprint density at radius 1 is 1.24 bits per heavy atom. The van der Waals surface area contributed by atoms with Crippen LogP contribution in [0.4, 0.5) is 0 Å². The zero-order valence-electron chi connectivity index (χ0n) is 10.9.